The fourth-order valence-electron chi connectivity index (χ4n) is 0.704. The minimum absolute atomic E-state index is 0.0602. The van der Waals surface area contributed by atoms with Gasteiger partial charge < -0.3 is 4.74 Å². The smallest absolute Gasteiger partial charge is 0.387 e. The van der Waals surface area contributed by atoms with Gasteiger partial charge in [0, 0.05) is 17.8 Å². The van der Waals surface area contributed by atoms with Gasteiger partial charge in [0.1, 0.15) is 10.9 Å². The van der Waals surface area contributed by atoms with Gasteiger partial charge in [0.05, 0.1) is 0 Å². The molecule has 1 aromatic rings. The molecular weight excluding hydrogens is 212 g/mol. The van der Waals surface area contributed by atoms with Crippen LogP contribution in [0.1, 0.15) is 19.4 Å². The molecule has 0 unspecified atom stereocenters. The van der Waals surface area contributed by atoms with Gasteiger partial charge in [-0.3, -0.25) is 0 Å². The van der Waals surface area contributed by atoms with E-state index in [1.165, 1.54) is 12.3 Å². The van der Waals surface area contributed by atoms with Crippen LogP contribution in [0.2, 0.25) is 5.15 Å². The molecule has 1 rings (SSSR count). The van der Waals surface area contributed by atoms with Crippen LogP contribution in [0.4, 0.5) is 8.78 Å². The van der Waals surface area contributed by atoms with E-state index in [1.807, 2.05) is 13.8 Å². The number of hydrogen-bond acceptors (Lipinski definition) is 2. The summed E-state index contributed by atoms with van der Waals surface area (Å²) in [5.41, 5.74) is 0.528. The molecule has 1 aromatic heterocycles. The zero-order valence-corrected chi connectivity index (χ0v) is 8.98. The lowest BCUT2D eigenvalue weighted by molar-refractivity contribution is -0.0503. The van der Waals surface area contributed by atoms with Gasteiger partial charge in [-0.1, -0.05) is 25.4 Å². The molecule has 0 bridgehead atoms. The molecule has 14 heavy (non-hydrogen) atoms. The van der Waals surface area contributed by atoms with Crippen LogP contribution in [-0.2, 0) is 0 Å². The number of aromatic nitrogens is 1. The Labute approximate surface area is 86.9 Å². The first-order valence-electron chi connectivity index (χ1n) is 4.16. The van der Waals surface area contributed by atoms with Crippen LogP contribution < -0.4 is 4.74 Å². The van der Waals surface area contributed by atoms with E-state index in [-0.39, 0.29) is 10.9 Å². The lowest BCUT2D eigenvalue weighted by Gasteiger charge is -2.06. The number of rotatable bonds is 2. The Balaban J connectivity index is 0.000000791. The summed E-state index contributed by atoms with van der Waals surface area (Å²) in [6.07, 6.45) is 1.38. The van der Waals surface area contributed by atoms with E-state index in [9.17, 15) is 8.78 Å². The molecule has 0 saturated heterocycles. The van der Waals surface area contributed by atoms with E-state index in [2.05, 4.69) is 9.72 Å². The zero-order chi connectivity index (χ0) is 11.1. The monoisotopic (exact) mass is 223 g/mol. The third kappa shape index (κ3) is 4.37. The highest BCUT2D eigenvalue weighted by Crippen LogP contribution is 2.21. The van der Waals surface area contributed by atoms with Gasteiger partial charge in [-0.05, 0) is 6.92 Å². The molecule has 0 aliphatic heterocycles. The molecule has 0 aromatic carbocycles. The zero-order valence-electron chi connectivity index (χ0n) is 8.22. The second-order valence-corrected chi connectivity index (χ2v) is 2.54. The van der Waals surface area contributed by atoms with Gasteiger partial charge in [-0.15, -0.1) is 0 Å². The molecule has 5 heteroatoms. The molecular formula is C9H12ClF2NO. The average molecular weight is 224 g/mol. The van der Waals surface area contributed by atoms with Gasteiger partial charge in [0.2, 0.25) is 0 Å². The van der Waals surface area contributed by atoms with Crippen LogP contribution in [0.15, 0.2) is 12.3 Å². The maximum Gasteiger partial charge on any atom is 0.387 e. The van der Waals surface area contributed by atoms with Crippen molar-refractivity contribution in [2.24, 2.45) is 0 Å². The van der Waals surface area contributed by atoms with E-state index in [4.69, 9.17) is 11.6 Å². The van der Waals surface area contributed by atoms with Crippen molar-refractivity contribution < 1.29 is 13.5 Å². The van der Waals surface area contributed by atoms with Crippen molar-refractivity contribution in [3.05, 3.63) is 23.0 Å². The summed E-state index contributed by atoms with van der Waals surface area (Å²) in [7, 11) is 0. The number of ether oxygens (including phenoxy) is 1. The minimum Gasteiger partial charge on any atom is -0.434 e. The summed E-state index contributed by atoms with van der Waals surface area (Å²) in [6.45, 7) is 2.78. The summed E-state index contributed by atoms with van der Waals surface area (Å²) in [6, 6.07) is 1.25. The number of hydrogen-bond donors (Lipinski definition) is 0. The molecule has 0 fully saturated rings. The lowest BCUT2D eigenvalue weighted by atomic mass is 10.3. The Morgan fingerprint density at radius 2 is 2.00 bits per heavy atom. The van der Waals surface area contributed by atoms with E-state index in [0.29, 0.717) is 5.56 Å². The SMILES string of the molecule is CC.Cc1cnc(Cl)cc1OC(F)F. The van der Waals surface area contributed by atoms with E-state index >= 15 is 0 Å². The predicted molar refractivity (Wildman–Crippen MR) is 52.0 cm³/mol. The second-order valence-electron chi connectivity index (χ2n) is 2.15. The molecule has 80 valence electrons. The predicted octanol–water partition coefficient (Wildman–Crippen LogP) is 3.67. The van der Waals surface area contributed by atoms with Crippen molar-refractivity contribution in [3.8, 4) is 5.75 Å². The van der Waals surface area contributed by atoms with Crippen molar-refractivity contribution in [1.82, 2.24) is 4.98 Å². The van der Waals surface area contributed by atoms with Crippen LogP contribution in [0.5, 0.6) is 5.75 Å². The molecule has 0 saturated carbocycles. The Morgan fingerprint density at radius 1 is 1.43 bits per heavy atom. The summed E-state index contributed by atoms with van der Waals surface area (Å²) in [5, 5.41) is 0.135. The van der Waals surface area contributed by atoms with Crippen molar-refractivity contribution in [2.75, 3.05) is 0 Å². The third-order valence-electron chi connectivity index (χ3n) is 1.24. The van der Waals surface area contributed by atoms with Crippen LogP contribution >= 0.6 is 11.6 Å². The van der Waals surface area contributed by atoms with Crippen LogP contribution in [0.25, 0.3) is 0 Å². The van der Waals surface area contributed by atoms with Crippen LogP contribution in [0.3, 0.4) is 0 Å². The van der Waals surface area contributed by atoms with Crippen molar-refractivity contribution in [1.29, 1.82) is 0 Å². The maximum absolute atomic E-state index is 11.7. The van der Waals surface area contributed by atoms with Crippen molar-refractivity contribution >= 4 is 11.6 Å². The molecule has 1 heterocycles. The van der Waals surface area contributed by atoms with Crippen LogP contribution in [-0.4, -0.2) is 11.6 Å². The summed E-state index contributed by atoms with van der Waals surface area (Å²) < 4.78 is 27.7. The molecule has 2 nitrogen and oxygen atoms in total. The quantitative estimate of drug-likeness (QED) is 0.714. The topological polar surface area (TPSA) is 22.1 Å². The Hall–Kier alpha value is -0.900. The number of pyridine rings is 1. The number of nitrogens with zero attached hydrogens (tertiary/aromatic N) is 1. The fourth-order valence-corrected chi connectivity index (χ4v) is 0.852. The summed E-state index contributed by atoms with van der Waals surface area (Å²) >= 11 is 5.46. The van der Waals surface area contributed by atoms with E-state index < -0.39 is 6.61 Å². The molecule has 0 N–H and O–H groups in total. The third-order valence-corrected chi connectivity index (χ3v) is 1.44. The largest absolute Gasteiger partial charge is 0.434 e. The molecule has 0 spiro atoms. The second kappa shape index (κ2) is 6.54. The van der Waals surface area contributed by atoms with Gasteiger partial charge in [-0.25, -0.2) is 4.98 Å². The Kier molecular flexibility index (Phi) is 6.12. The van der Waals surface area contributed by atoms with Crippen LogP contribution in [0, 0.1) is 6.92 Å². The minimum atomic E-state index is -2.83. The first kappa shape index (κ1) is 13.1. The fraction of sp³-hybridized carbons (Fsp3) is 0.444. The van der Waals surface area contributed by atoms with Crippen molar-refractivity contribution in [3.63, 3.8) is 0 Å². The van der Waals surface area contributed by atoms with Gasteiger partial charge in [0.15, 0.2) is 0 Å². The molecule has 0 radical (unpaired) electrons. The maximum atomic E-state index is 11.7. The summed E-state index contributed by atoms with van der Waals surface area (Å²) in [4.78, 5) is 3.69. The first-order valence-corrected chi connectivity index (χ1v) is 4.54. The number of alkyl halides is 2. The molecule has 0 aliphatic rings. The van der Waals surface area contributed by atoms with E-state index in [1.54, 1.807) is 6.92 Å². The highest BCUT2D eigenvalue weighted by Gasteiger charge is 2.07. The Morgan fingerprint density at radius 3 is 2.50 bits per heavy atom. The summed E-state index contributed by atoms with van der Waals surface area (Å²) in [5.74, 6) is 0.0602. The van der Waals surface area contributed by atoms with E-state index in [0.717, 1.165) is 0 Å². The first-order chi connectivity index (χ1) is 6.59. The average Bonchev–Trinajstić information content (AvgIpc) is 2.14. The normalized spacial score (nSPS) is 9.36. The standard InChI is InChI=1S/C7H6ClF2NO.C2H6/c1-4-3-11-6(8)2-5(4)12-7(9)10;1-2/h2-3,7H,1H3;1-2H3. The van der Waals surface area contributed by atoms with Gasteiger partial charge >= 0.3 is 6.61 Å². The van der Waals surface area contributed by atoms with Crippen molar-refractivity contribution in [2.45, 2.75) is 27.4 Å². The van der Waals surface area contributed by atoms with Gasteiger partial charge in [0.25, 0.3) is 0 Å². The Bertz CT molecular complexity index is 282. The molecule has 0 amide bonds. The van der Waals surface area contributed by atoms with Gasteiger partial charge in [-0.2, -0.15) is 8.78 Å². The highest BCUT2D eigenvalue weighted by atomic mass is 35.5. The molecule has 0 aliphatic carbocycles. The molecule has 0 atom stereocenters. The highest BCUT2D eigenvalue weighted by molar-refractivity contribution is 6.29. The lowest BCUT2D eigenvalue weighted by Crippen LogP contribution is -2.03. The number of halogens is 3. The number of aryl methyl sites for hydroxylation is 1.